The van der Waals surface area contributed by atoms with Crippen molar-refractivity contribution in [2.75, 3.05) is 20.1 Å². The molecule has 0 radical (unpaired) electrons. The highest BCUT2D eigenvalue weighted by Gasteiger charge is 2.31. The van der Waals surface area contributed by atoms with E-state index in [1.165, 1.54) is 6.42 Å². The lowest BCUT2D eigenvalue weighted by Gasteiger charge is -2.40. The monoisotopic (exact) mass is 382 g/mol. The van der Waals surface area contributed by atoms with Crippen molar-refractivity contribution >= 4 is 6.03 Å². The summed E-state index contributed by atoms with van der Waals surface area (Å²) in [5.41, 5.74) is 0. The average molecular weight is 383 g/mol. The first kappa shape index (κ1) is 22.4. The third kappa shape index (κ3) is 7.56. The molecule has 2 rings (SSSR count). The first-order chi connectivity index (χ1) is 12.9. The Morgan fingerprint density at radius 2 is 1.81 bits per heavy atom. The average Bonchev–Trinajstić information content (AvgIpc) is 2.61. The second kappa shape index (κ2) is 11.2. The summed E-state index contributed by atoms with van der Waals surface area (Å²) in [5.74, 6) is 1.95. The van der Waals surface area contributed by atoms with Gasteiger partial charge in [-0.3, -0.25) is 10.6 Å². The standard InChI is InChI=1S/C20H42N6O/c1-13(2)17-12-18(22-10-6-9-21-5)25-19(24-17)26-20(27)23-16-8-7-14(3)15(4)11-16/h13-19,21-22,24-25H,6-12H2,1-5H3,(H2,23,26,27). The fourth-order valence-corrected chi connectivity index (χ4v) is 4.12. The van der Waals surface area contributed by atoms with Gasteiger partial charge in [0.1, 0.15) is 6.29 Å². The molecule has 0 aromatic heterocycles. The SMILES string of the molecule is CNCCCNC1CC(C(C)C)NC(NC(=O)NC2CCC(C)C(C)C2)N1. The molecule has 1 aliphatic carbocycles. The van der Waals surface area contributed by atoms with Crippen LogP contribution in [0.4, 0.5) is 4.79 Å². The lowest BCUT2D eigenvalue weighted by atomic mass is 9.79. The molecule has 0 aromatic rings. The van der Waals surface area contributed by atoms with Crippen LogP contribution in [0.1, 0.15) is 59.8 Å². The maximum Gasteiger partial charge on any atom is 0.317 e. The van der Waals surface area contributed by atoms with Gasteiger partial charge in [-0.2, -0.15) is 0 Å². The topological polar surface area (TPSA) is 89.2 Å². The molecule has 1 heterocycles. The van der Waals surface area contributed by atoms with E-state index in [1.807, 2.05) is 7.05 Å². The lowest BCUT2D eigenvalue weighted by Crippen LogP contribution is -2.69. The lowest BCUT2D eigenvalue weighted by molar-refractivity contribution is 0.158. The second-order valence-corrected chi connectivity index (χ2v) is 8.90. The van der Waals surface area contributed by atoms with E-state index in [9.17, 15) is 4.79 Å². The normalized spacial score (nSPS) is 34.4. The van der Waals surface area contributed by atoms with Crippen LogP contribution in [0.5, 0.6) is 0 Å². The molecule has 6 atom stereocenters. The number of carbonyl (C=O) groups excluding carboxylic acids is 1. The number of rotatable bonds is 8. The molecule has 2 amide bonds. The van der Waals surface area contributed by atoms with E-state index in [1.54, 1.807) is 0 Å². The zero-order chi connectivity index (χ0) is 19.8. The number of amides is 2. The number of nitrogens with one attached hydrogen (secondary N) is 6. The molecular weight excluding hydrogens is 340 g/mol. The Morgan fingerprint density at radius 1 is 1.04 bits per heavy atom. The number of hydrogen-bond donors (Lipinski definition) is 6. The molecule has 2 fully saturated rings. The largest absolute Gasteiger partial charge is 0.335 e. The first-order valence-corrected chi connectivity index (χ1v) is 10.9. The Hall–Kier alpha value is -0.890. The molecule has 1 aliphatic heterocycles. The van der Waals surface area contributed by atoms with E-state index in [0.29, 0.717) is 17.9 Å². The molecule has 2 aliphatic rings. The quantitative estimate of drug-likeness (QED) is 0.358. The minimum atomic E-state index is -0.215. The number of carbonyl (C=O) groups is 1. The van der Waals surface area contributed by atoms with Crippen LogP contribution in [0.2, 0.25) is 0 Å². The van der Waals surface area contributed by atoms with E-state index < -0.39 is 0 Å². The Kier molecular flexibility index (Phi) is 9.29. The van der Waals surface area contributed by atoms with Gasteiger partial charge in [0.2, 0.25) is 0 Å². The molecule has 6 N–H and O–H groups in total. The van der Waals surface area contributed by atoms with Crippen molar-refractivity contribution < 1.29 is 4.79 Å². The van der Waals surface area contributed by atoms with Crippen molar-refractivity contribution in [1.82, 2.24) is 31.9 Å². The summed E-state index contributed by atoms with van der Waals surface area (Å²) in [7, 11) is 1.98. The van der Waals surface area contributed by atoms with Gasteiger partial charge in [0.05, 0.1) is 6.17 Å². The molecule has 0 bridgehead atoms. The highest BCUT2D eigenvalue weighted by Crippen LogP contribution is 2.29. The van der Waals surface area contributed by atoms with Crippen molar-refractivity contribution in [3.8, 4) is 0 Å². The number of hydrogen-bond acceptors (Lipinski definition) is 5. The van der Waals surface area contributed by atoms with Gasteiger partial charge in [-0.1, -0.05) is 27.7 Å². The predicted octanol–water partition coefficient (Wildman–Crippen LogP) is 1.53. The summed E-state index contributed by atoms with van der Waals surface area (Å²) in [6.45, 7) is 11.0. The van der Waals surface area contributed by atoms with E-state index in [2.05, 4.69) is 59.6 Å². The molecule has 7 nitrogen and oxygen atoms in total. The molecule has 0 spiro atoms. The van der Waals surface area contributed by atoms with Gasteiger partial charge in [-0.25, -0.2) is 4.79 Å². The zero-order valence-corrected chi connectivity index (χ0v) is 17.9. The van der Waals surface area contributed by atoms with Gasteiger partial charge in [-0.05, 0) is 70.0 Å². The predicted molar refractivity (Wildman–Crippen MR) is 111 cm³/mol. The van der Waals surface area contributed by atoms with Gasteiger partial charge in [0.25, 0.3) is 0 Å². The highest BCUT2D eigenvalue weighted by molar-refractivity contribution is 5.74. The summed E-state index contributed by atoms with van der Waals surface area (Å²) in [5, 5.41) is 20.0. The Bertz CT molecular complexity index is 446. The van der Waals surface area contributed by atoms with Crippen LogP contribution >= 0.6 is 0 Å². The van der Waals surface area contributed by atoms with E-state index in [-0.39, 0.29) is 24.5 Å². The third-order valence-electron chi connectivity index (χ3n) is 6.25. The summed E-state index contributed by atoms with van der Waals surface area (Å²) in [6.07, 6.45) is 5.43. The van der Waals surface area contributed by atoms with Crippen LogP contribution in [0.25, 0.3) is 0 Å². The molecule has 158 valence electrons. The van der Waals surface area contributed by atoms with E-state index in [0.717, 1.165) is 44.7 Å². The summed E-state index contributed by atoms with van der Waals surface area (Å²) < 4.78 is 0. The van der Waals surface area contributed by atoms with Crippen molar-refractivity contribution in [1.29, 1.82) is 0 Å². The van der Waals surface area contributed by atoms with Crippen LogP contribution in [-0.2, 0) is 0 Å². The summed E-state index contributed by atoms with van der Waals surface area (Å²) >= 11 is 0. The molecule has 27 heavy (non-hydrogen) atoms. The fraction of sp³-hybridized carbons (Fsp3) is 0.950. The van der Waals surface area contributed by atoms with Crippen molar-refractivity contribution in [3.63, 3.8) is 0 Å². The van der Waals surface area contributed by atoms with Crippen LogP contribution in [0, 0.1) is 17.8 Å². The Labute approximate surface area is 165 Å². The van der Waals surface area contributed by atoms with Gasteiger partial charge >= 0.3 is 6.03 Å². The van der Waals surface area contributed by atoms with E-state index in [4.69, 9.17) is 0 Å². The fourth-order valence-electron chi connectivity index (χ4n) is 4.12. The smallest absolute Gasteiger partial charge is 0.317 e. The molecule has 1 saturated heterocycles. The Morgan fingerprint density at radius 3 is 2.48 bits per heavy atom. The van der Waals surface area contributed by atoms with Crippen molar-refractivity contribution in [2.45, 2.75) is 84.3 Å². The molecule has 0 aromatic carbocycles. The number of urea groups is 1. The zero-order valence-electron chi connectivity index (χ0n) is 17.9. The molecular formula is C20H42N6O. The van der Waals surface area contributed by atoms with Gasteiger partial charge in [-0.15, -0.1) is 0 Å². The van der Waals surface area contributed by atoms with Crippen LogP contribution in [0.15, 0.2) is 0 Å². The van der Waals surface area contributed by atoms with E-state index >= 15 is 0 Å². The van der Waals surface area contributed by atoms with Crippen molar-refractivity contribution in [2.24, 2.45) is 17.8 Å². The van der Waals surface area contributed by atoms with Gasteiger partial charge in [0, 0.05) is 12.1 Å². The molecule has 7 heteroatoms. The first-order valence-electron chi connectivity index (χ1n) is 10.9. The summed E-state index contributed by atoms with van der Waals surface area (Å²) in [4.78, 5) is 12.5. The van der Waals surface area contributed by atoms with Crippen LogP contribution in [0.3, 0.4) is 0 Å². The van der Waals surface area contributed by atoms with Gasteiger partial charge in [0.15, 0.2) is 0 Å². The highest BCUT2D eigenvalue weighted by atomic mass is 16.2. The van der Waals surface area contributed by atoms with Gasteiger partial charge < -0.3 is 21.3 Å². The minimum Gasteiger partial charge on any atom is -0.335 e. The minimum absolute atomic E-state index is 0.0786. The van der Waals surface area contributed by atoms with Crippen molar-refractivity contribution in [3.05, 3.63) is 0 Å². The third-order valence-corrected chi connectivity index (χ3v) is 6.25. The Balaban J connectivity index is 1.80. The molecule has 1 saturated carbocycles. The summed E-state index contributed by atoms with van der Waals surface area (Å²) in [6, 6.07) is 0.579. The second-order valence-electron chi connectivity index (χ2n) is 8.90. The van der Waals surface area contributed by atoms with Crippen LogP contribution < -0.4 is 31.9 Å². The maximum absolute atomic E-state index is 12.5. The maximum atomic E-state index is 12.5. The van der Waals surface area contributed by atoms with Crippen LogP contribution in [-0.4, -0.2) is 50.7 Å². The molecule has 6 unspecified atom stereocenters.